The first-order valence-corrected chi connectivity index (χ1v) is 8.24. The lowest BCUT2D eigenvalue weighted by molar-refractivity contribution is 0.534. The number of nitrogens with one attached hydrogen (secondary N) is 2. The van der Waals surface area contributed by atoms with Crippen LogP contribution in [0.2, 0.25) is 0 Å². The van der Waals surface area contributed by atoms with Crippen molar-refractivity contribution >= 4 is 33.5 Å². The maximum atomic E-state index is 11.7. The number of H-pyrrole nitrogens is 1. The molecule has 0 spiro atoms. The van der Waals surface area contributed by atoms with Crippen LogP contribution >= 0.6 is 27.7 Å². The van der Waals surface area contributed by atoms with Crippen LogP contribution < -0.4 is 11.0 Å². The van der Waals surface area contributed by atoms with E-state index in [0.717, 1.165) is 23.3 Å². The standard InChI is InChI=1S/C12H17BrN6OS/c1-4-5-14-9-8(13)10(16-6-15-9)21-12-18-17-11(20)19(12)7(2)3/h6-7H,4-5H2,1-3H3,(H,17,20)(H,14,15,16). The summed E-state index contributed by atoms with van der Waals surface area (Å²) in [6.45, 7) is 6.79. The first-order chi connectivity index (χ1) is 10.0. The molecule has 0 atom stereocenters. The highest BCUT2D eigenvalue weighted by atomic mass is 79.9. The third-order valence-corrected chi connectivity index (χ3v) is 4.66. The normalized spacial score (nSPS) is 11.1. The molecule has 0 aliphatic rings. The van der Waals surface area contributed by atoms with Gasteiger partial charge in [0.25, 0.3) is 0 Å². The Labute approximate surface area is 135 Å². The van der Waals surface area contributed by atoms with Crippen molar-refractivity contribution < 1.29 is 0 Å². The van der Waals surface area contributed by atoms with E-state index in [-0.39, 0.29) is 11.7 Å². The Hall–Kier alpha value is -1.35. The smallest absolute Gasteiger partial charge is 0.344 e. The minimum atomic E-state index is -0.220. The fraction of sp³-hybridized carbons (Fsp3) is 0.500. The Balaban J connectivity index is 2.30. The molecular formula is C12H17BrN6OS. The maximum absolute atomic E-state index is 11.7. The van der Waals surface area contributed by atoms with Crippen molar-refractivity contribution in [3.05, 3.63) is 21.3 Å². The van der Waals surface area contributed by atoms with E-state index in [1.165, 1.54) is 18.1 Å². The van der Waals surface area contributed by atoms with Crippen LogP contribution in [-0.4, -0.2) is 31.3 Å². The number of anilines is 1. The molecular weight excluding hydrogens is 356 g/mol. The van der Waals surface area contributed by atoms with Gasteiger partial charge in [0.05, 0.1) is 4.47 Å². The SMILES string of the molecule is CCCNc1ncnc(Sc2n[nH]c(=O)n2C(C)C)c1Br. The van der Waals surface area contributed by atoms with E-state index in [1.54, 1.807) is 4.57 Å². The van der Waals surface area contributed by atoms with Gasteiger partial charge in [0, 0.05) is 12.6 Å². The summed E-state index contributed by atoms with van der Waals surface area (Å²) in [6.07, 6.45) is 2.50. The Morgan fingerprint density at radius 3 is 2.90 bits per heavy atom. The van der Waals surface area contributed by atoms with Crippen LogP contribution in [0.3, 0.4) is 0 Å². The van der Waals surface area contributed by atoms with Gasteiger partial charge in [-0.3, -0.25) is 4.57 Å². The summed E-state index contributed by atoms with van der Waals surface area (Å²) in [5.41, 5.74) is -0.220. The Bertz CT molecular complexity index is 668. The minimum Gasteiger partial charge on any atom is -0.369 e. The number of halogens is 1. The molecule has 0 amide bonds. The van der Waals surface area contributed by atoms with Crippen molar-refractivity contribution in [3.63, 3.8) is 0 Å². The molecule has 9 heteroatoms. The number of aromatic nitrogens is 5. The number of aromatic amines is 1. The van der Waals surface area contributed by atoms with Crippen molar-refractivity contribution in [2.24, 2.45) is 0 Å². The summed E-state index contributed by atoms with van der Waals surface area (Å²) >= 11 is 4.82. The van der Waals surface area contributed by atoms with E-state index in [2.05, 4.69) is 48.3 Å². The lowest BCUT2D eigenvalue weighted by atomic mass is 10.4. The van der Waals surface area contributed by atoms with Gasteiger partial charge in [-0.25, -0.2) is 19.9 Å². The van der Waals surface area contributed by atoms with E-state index < -0.39 is 0 Å². The van der Waals surface area contributed by atoms with E-state index in [0.29, 0.717) is 10.2 Å². The maximum Gasteiger partial charge on any atom is 0.344 e. The highest BCUT2D eigenvalue weighted by molar-refractivity contribution is 9.10. The Morgan fingerprint density at radius 1 is 1.48 bits per heavy atom. The fourth-order valence-corrected chi connectivity index (χ4v) is 3.23. The molecule has 0 aliphatic heterocycles. The van der Waals surface area contributed by atoms with Crippen LogP contribution in [0.15, 0.2) is 25.8 Å². The summed E-state index contributed by atoms with van der Waals surface area (Å²) in [6, 6.07) is 0.0250. The average molecular weight is 373 g/mol. The van der Waals surface area contributed by atoms with Gasteiger partial charge in [-0.2, -0.15) is 0 Å². The van der Waals surface area contributed by atoms with E-state index in [1.807, 2.05) is 13.8 Å². The van der Waals surface area contributed by atoms with Gasteiger partial charge in [-0.15, -0.1) is 5.10 Å². The molecule has 114 valence electrons. The largest absolute Gasteiger partial charge is 0.369 e. The first kappa shape index (κ1) is 16.0. The molecule has 0 saturated heterocycles. The highest BCUT2D eigenvalue weighted by Gasteiger charge is 2.16. The third-order valence-electron chi connectivity index (χ3n) is 2.68. The van der Waals surface area contributed by atoms with Crippen molar-refractivity contribution in [1.29, 1.82) is 0 Å². The molecule has 0 unspecified atom stereocenters. The van der Waals surface area contributed by atoms with Gasteiger partial charge in [0.2, 0.25) is 0 Å². The van der Waals surface area contributed by atoms with E-state index >= 15 is 0 Å². The van der Waals surface area contributed by atoms with Gasteiger partial charge >= 0.3 is 5.69 Å². The molecule has 0 radical (unpaired) electrons. The zero-order valence-electron chi connectivity index (χ0n) is 12.1. The van der Waals surface area contributed by atoms with Gasteiger partial charge in [0.1, 0.15) is 17.2 Å². The van der Waals surface area contributed by atoms with Crippen LogP contribution in [0, 0.1) is 0 Å². The number of hydrogen-bond donors (Lipinski definition) is 2. The van der Waals surface area contributed by atoms with Crippen LogP contribution in [0.25, 0.3) is 0 Å². The van der Waals surface area contributed by atoms with Gasteiger partial charge in [0.15, 0.2) is 5.16 Å². The average Bonchev–Trinajstić information content (AvgIpc) is 2.81. The van der Waals surface area contributed by atoms with Crippen LogP contribution in [-0.2, 0) is 0 Å². The predicted octanol–water partition coefficient (Wildman–Crippen LogP) is 2.68. The lowest BCUT2D eigenvalue weighted by Crippen LogP contribution is -2.19. The quantitative estimate of drug-likeness (QED) is 0.757. The Morgan fingerprint density at radius 2 is 2.24 bits per heavy atom. The van der Waals surface area contributed by atoms with Crippen LogP contribution in [0.4, 0.5) is 5.82 Å². The van der Waals surface area contributed by atoms with Gasteiger partial charge in [-0.05, 0) is 48.0 Å². The minimum absolute atomic E-state index is 0.0250. The van der Waals surface area contributed by atoms with E-state index in [4.69, 9.17) is 0 Å². The molecule has 0 saturated carbocycles. The summed E-state index contributed by atoms with van der Waals surface area (Å²) in [5.74, 6) is 0.739. The molecule has 2 N–H and O–H groups in total. The third kappa shape index (κ3) is 3.65. The molecule has 2 heterocycles. The van der Waals surface area contributed by atoms with Crippen LogP contribution in [0.5, 0.6) is 0 Å². The topological polar surface area (TPSA) is 88.5 Å². The van der Waals surface area contributed by atoms with Crippen molar-refractivity contribution in [2.45, 2.75) is 43.4 Å². The molecule has 0 fully saturated rings. The molecule has 7 nitrogen and oxygen atoms in total. The highest BCUT2D eigenvalue weighted by Crippen LogP contribution is 2.34. The molecule has 0 aromatic carbocycles. The number of rotatable bonds is 6. The first-order valence-electron chi connectivity index (χ1n) is 6.63. The zero-order chi connectivity index (χ0) is 15.4. The van der Waals surface area contributed by atoms with E-state index in [9.17, 15) is 4.79 Å². The molecule has 2 rings (SSSR count). The summed E-state index contributed by atoms with van der Waals surface area (Å²) in [5, 5.41) is 11.0. The molecule has 21 heavy (non-hydrogen) atoms. The molecule has 0 bridgehead atoms. The second-order valence-corrected chi connectivity index (χ2v) is 6.39. The monoisotopic (exact) mass is 372 g/mol. The summed E-state index contributed by atoms with van der Waals surface area (Å²) in [4.78, 5) is 20.2. The molecule has 2 aromatic rings. The van der Waals surface area contributed by atoms with Gasteiger partial charge in [-0.1, -0.05) is 6.92 Å². The van der Waals surface area contributed by atoms with Crippen molar-refractivity contribution in [1.82, 2.24) is 24.7 Å². The summed E-state index contributed by atoms with van der Waals surface area (Å²) < 4.78 is 2.37. The predicted molar refractivity (Wildman–Crippen MR) is 85.9 cm³/mol. The summed E-state index contributed by atoms with van der Waals surface area (Å²) in [7, 11) is 0. The second kappa shape index (κ2) is 7.08. The zero-order valence-corrected chi connectivity index (χ0v) is 14.5. The van der Waals surface area contributed by atoms with Crippen LogP contribution in [0.1, 0.15) is 33.2 Å². The molecule has 0 aliphatic carbocycles. The van der Waals surface area contributed by atoms with Crippen molar-refractivity contribution in [2.75, 3.05) is 11.9 Å². The van der Waals surface area contributed by atoms with Gasteiger partial charge < -0.3 is 5.32 Å². The van der Waals surface area contributed by atoms with Crippen molar-refractivity contribution in [3.8, 4) is 0 Å². The lowest BCUT2D eigenvalue weighted by Gasteiger charge is -2.10. The number of nitrogens with zero attached hydrogens (tertiary/aromatic N) is 4. The number of hydrogen-bond acceptors (Lipinski definition) is 6. The molecule has 2 aromatic heterocycles. The fourth-order valence-electron chi connectivity index (χ4n) is 1.70. The Kier molecular flexibility index (Phi) is 5.40. The second-order valence-electron chi connectivity index (χ2n) is 4.65.